The molecule has 0 saturated carbocycles. The highest BCUT2D eigenvalue weighted by atomic mass is 35.5. The number of halogens is 4. The average Bonchev–Trinajstić information content (AvgIpc) is 3.34. The average molecular weight is 559 g/mol. The number of hydrogen-bond donors (Lipinski definition) is 2. The summed E-state index contributed by atoms with van der Waals surface area (Å²) in [6.07, 6.45) is 3.78. The van der Waals surface area contributed by atoms with Gasteiger partial charge in [0.15, 0.2) is 11.0 Å². The van der Waals surface area contributed by atoms with Crippen LogP contribution in [0.2, 0.25) is 10.0 Å². The molecule has 1 aromatic heterocycles. The highest BCUT2D eigenvalue weighted by Crippen LogP contribution is 2.36. The first-order valence-corrected chi connectivity index (χ1v) is 13.8. The quantitative estimate of drug-likeness (QED) is 0.306. The summed E-state index contributed by atoms with van der Waals surface area (Å²) in [5.74, 6) is -0.818. The van der Waals surface area contributed by atoms with E-state index >= 15 is 0 Å². The second kappa shape index (κ2) is 11.8. The molecular formula is C24H23Cl2F2N3O2S2. The summed E-state index contributed by atoms with van der Waals surface area (Å²) in [7, 11) is -1.88. The Balaban J connectivity index is 1.54. The van der Waals surface area contributed by atoms with Crippen LogP contribution in [0.4, 0.5) is 14.6 Å². The molecular weight excluding hydrogens is 535 g/mol. The smallest absolute Gasteiger partial charge is 0.154 e. The van der Waals surface area contributed by atoms with Crippen molar-refractivity contribution in [2.45, 2.75) is 30.7 Å². The van der Waals surface area contributed by atoms with Crippen molar-refractivity contribution in [2.24, 2.45) is 5.92 Å². The maximum Gasteiger partial charge on any atom is 0.154 e. The maximum atomic E-state index is 14.8. The highest BCUT2D eigenvalue weighted by Gasteiger charge is 2.30. The number of aromatic nitrogens is 1. The van der Waals surface area contributed by atoms with Gasteiger partial charge in [-0.15, -0.1) is 11.3 Å². The van der Waals surface area contributed by atoms with Gasteiger partial charge >= 0.3 is 0 Å². The van der Waals surface area contributed by atoms with E-state index in [1.54, 1.807) is 17.0 Å². The lowest BCUT2D eigenvalue weighted by atomic mass is 9.80. The van der Waals surface area contributed by atoms with Gasteiger partial charge in [-0.2, -0.15) is 0 Å². The minimum Gasteiger partial charge on any atom is -0.491 e. The molecule has 0 saturated heterocycles. The Labute approximate surface area is 219 Å². The number of anilines is 1. The maximum absolute atomic E-state index is 14.8. The van der Waals surface area contributed by atoms with Crippen molar-refractivity contribution in [3.8, 4) is 5.75 Å². The SMILES string of the molecule is CCN[C@@H]1CCC=C(c2ccc(Cl)c(F)c2)C1COc1cc(F)c(S(=O)Nc2cscn2)cc1Cl. The molecule has 0 bridgehead atoms. The topological polar surface area (TPSA) is 63.2 Å². The van der Waals surface area contributed by atoms with E-state index < -0.39 is 22.6 Å². The number of nitrogens with one attached hydrogen (secondary N) is 2. The minimum atomic E-state index is -1.88. The lowest BCUT2D eigenvalue weighted by Crippen LogP contribution is -2.41. The van der Waals surface area contributed by atoms with E-state index in [0.717, 1.165) is 36.6 Å². The van der Waals surface area contributed by atoms with Crippen LogP contribution in [0.25, 0.3) is 5.57 Å². The van der Waals surface area contributed by atoms with Gasteiger partial charge in [-0.05, 0) is 48.7 Å². The van der Waals surface area contributed by atoms with Gasteiger partial charge in [-0.1, -0.05) is 42.3 Å². The van der Waals surface area contributed by atoms with Crippen molar-refractivity contribution in [3.63, 3.8) is 0 Å². The van der Waals surface area contributed by atoms with Gasteiger partial charge in [0.05, 0.1) is 27.1 Å². The lowest BCUT2D eigenvalue weighted by Gasteiger charge is -2.33. The van der Waals surface area contributed by atoms with Crippen LogP contribution < -0.4 is 14.8 Å². The molecule has 2 unspecified atom stereocenters. The summed E-state index contributed by atoms with van der Waals surface area (Å²) in [6, 6.07) is 7.24. The van der Waals surface area contributed by atoms with E-state index in [4.69, 9.17) is 27.9 Å². The van der Waals surface area contributed by atoms with Crippen LogP contribution in [0.3, 0.4) is 0 Å². The first-order valence-electron chi connectivity index (χ1n) is 10.9. The Morgan fingerprint density at radius 3 is 2.74 bits per heavy atom. The van der Waals surface area contributed by atoms with E-state index in [2.05, 4.69) is 21.1 Å². The molecule has 0 fully saturated rings. The molecule has 1 aliphatic carbocycles. The second-order valence-corrected chi connectivity index (χ2v) is 10.6. The molecule has 3 atom stereocenters. The zero-order chi connectivity index (χ0) is 24.9. The Bertz CT molecular complexity index is 1240. The van der Waals surface area contributed by atoms with E-state index in [1.807, 2.05) is 6.92 Å². The summed E-state index contributed by atoms with van der Waals surface area (Å²) < 4.78 is 50.2. The summed E-state index contributed by atoms with van der Waals surface area (Å²) in [5.41, 5.74) is 3.23. The number of nitrogens with zero attached hydrogens (tertiary/aromatic N) is 1. The largest absolute Gasteiger partial charge is 0.491 e. The number of hydrogen-bond acceptors (Lipinski definition) is 5. The Morgan fingerprint density at radius 1 is 1.20 bits per heavy atom. The third-order valence-electron chi connectivity index (χ3n) is 5.68. The first kappa shape index (κ1) is 26.0. The summed E-state index contributed by atoms with van der Waals surface area (Å²) in [5, 5.41) is 5.32. The van der Waals surface area contributed by atoms with E-state index in [9.17, 15) is 13.0 Å². The summed E-state index contributed by atoms with van der Waals surface area (Å²) >= 11 is 13.6. The van der Waals surface area contributed by atoms with Gasteiger partial charge < -0.3 is 10.1 Å². The number of rotatable bonds is 9. The number of thiazole rings is 1. The van der Waals surface area contributed by atoms with Crippen molar-refractivity contribution < 1.29 is 17.7 Å². The molecule has 0 spiro atoms. The molecule has 186 valence electrons. The molecule has 4 rings (SSSR count). The van der Waals surface area contributed by atoms with Crippen LogP contribution in [0.5, 0.6) is 5.75 Å². The van der Waals surface area contributed by atoms with Crippen LogP contribution in [0, 0.1) is 17.6 Å². The fourth-order valence-electron chi connectivity index (χ4n) is 4.06. The summed E-state index contributed by atoms with van der Waals surface area (Å²) in [6.45, 7) is 2.96. The predicted octanol–water partition coefficient (Wildman–Crippen LogP) is 6.71. The van der Waals surface area contributed by atoms with Crippen molar-refractivity contribution in [3.05, 3.63) is 74.5 Å². The van der Waals surface area contributed by atoms with Gasteiger partial charge in [0.25, 0.3) is 0 Å². The Hall–Kier alpha value is -2.04. The monoisotopic (exact) mass is 557 g/mol. The highest BCUT2D eigenvalue weighted by molar-refractivity contribution is 7.86. The van der Waals surface area contributed by atoms with Crippen LogP contribution >= 0.6 is 34.5 Å². The zero-order valence-corrected chi connectivity index (χ0v) is 21.8. The molecule has 3 aromatic rings. The third kappa shape index (κ3) is 6.21. The van der Waals surface area contributed by atoms with Crippen LogP contribution in [0.15, 0.2) is 52.2 Å². The van der Waals surface area contributed by atoms with Gasteiger partial charge in [-0.3, -0.25) is 4.72 Å². The minimum absolute atomic E-state index is 0.0604. The van der Waals surface area contributed by atoms with Gasteiger partial charge in [0.1, 0.15) is 23.2 Å². The van der Waals surface area contributed by atoms with E-state index in [0.29, 0.717) is 5.82 Å². The molecule has 35 heavy (non-hydrogen) atoms. The van der Waals surface area contributed by atoms with Crippen LogP contribution in [0.1, 0.15) is 25.3 Å². The first-order chi connectivity index (χ1) is 16.9. The number of benzene rings is 2. The van der Waals surface area contributed by atoms with Crippen molar-refractivity contribution in [2.75, 3.05) is 17.9 Å². The Morgan fingerprint density at radius 2 is 2.03 bits per heavy atom. The number of ether oxygens (including phenoxy) is 1. The predicted molar refractivity (Wildman–Crippen MR) is 139 cm³/mol. The fourth-order valence-corrected chi connectivity index (χ4v) is 5.89. The fraction of sp³-hybridized carbons (Fsp3) is 0.292. The standard InChI is InChI=1S/C24H23Cl2F2N3O2S2/c1-2-29-21-5-3-4-15(14-6-7-17(25)19(27)8-14)16(21)11-33-22-10-20(28)23(9-18(22)26)35(32)31-24-12-34-13-30-24/h4,6-10,12-13,16,21,29,31H,2-3,5,11H2,1H3/t16?,21-,35?/m1/s1. The molecule has 1 aliphatic rings. The molecule has 11 heteroatoms. The van der Waals surface area contributed by atoms with Gasteiger partial charge in [0.2, 0.25) is 0 Å². The molecule has 2 aromatic carbocycles. The summed E-state index contributed by atoms with van der Waals surface area (Å²) in [4.78, 5) is 3.89. The zero-order valence-electron chi connectivity index (χ0n) is 18.7. The molecule has 0 radical (unpaired) electrons. The van der Waals surface area contributed by atoms with Crippen molar-refractivity contribution in [1.82, 2.24) is 10.3 Å². The number of allylic oxidation sites excluding steroid dienone is 1. The molecule has 0 amide bonds. The molecule has 5 nitrogen and oxygen atoms in total. The third-order valence-corrected chi connectivity index (χ3v) is 7.98. The van der Waals surface area contributed by atoms with Crippen molar-refractivity contribution in [1.29, 1.82) is 0 Å². The molecule has 2 N–H and O–H groups in total. The Kier molecular flexibility index (Phi) is 8.77. The van der Waals surface area contributed by atoms with Crippen LogP contribution in [-0.4, -0.2) is 28.4 Å². The van der Waals surface area contributed by atoms with E-state index in [-0.39, 0.29) is 39.3 Å². The van der Waals surface area contributed by atoms with Crippen molar-refractivity contribution >= 4 is 56.9 Å². The normalized spacial score (nSPS) is 18.7. The molecule has 0 aliphatic heterocycles. The second-order valence-electron chi connectivity index (χ2n) is 7.90. The molecule has 1 heterocycles. The van der Waals surface area contributed by atoms with Gasteiger partial charge in [-0.25, -0.2) is 18.0 Å². The van der Waals surface area contributed by atoms with E-state index in [1.165, 1.54) is 29.5 Å². The van der Waals surface area contributed by atoms with Crippen LogP contribution in [-0.2, 0) is 11.0 Å². The van der Waals surface area contributed by atoms with Gasteiger partial charge in [0, 0.05) is 23.4 Å². The lowest BCUT2D eigenvalue weighted by molar-refractivity contribution is 0.236.